The number of nitrogens with one attached hydrogen (secondary N) is 1. The molecule has 0 unspecified atom stereocenters. The van der Waals surface area contributed by atoms with Crippen molar-refractivity contribution in [1.29, 1.82) is 0 Å². The Hall–Kier alpha value is -4.74. The van der Waals surface area contributed by atoms with Crippen molar-refractivity contribution in [3.05, 3.63) is 112 Å². The molecule has 0 atom stereocenters. The van der Waals surface area contributed by atoms with Crippen LogP contribution in [0.25, 0.3) is 0 Å². The van der Waals surface area contributed by atoms with Gasteiger partial charge in [-0.2, -0.15) is 0 Å². The van der Waals surface area contributed by atoms with Gasteiger partial charge in [0.15, 0.2) is 0 Å². The molecule has 10 nitrogen and oxygen atoms in total. The molecule has 55 heavy (non-hydrogen) atoms. The summed E-state index contributed by atoms with van der Waals surface area (Å²) < 4.78 is 11.8. The van der Waals surface area contributed by atoms with Gasteiger partial charge in [0, 0.05) is 73.9 Å². The van der Waals surface area contributed by atoms with Crippen LogP contribution >= 0.6 is 15.9 Å². The number of hydrogen-bond acceptors (Lipinski definition) is 10. The van der Waals surface area contributed by atoms with E-state index in [4.69, 9.17) is 14.6 Å². The Morgan fingerprint density at radius 2 is 0.927 bits per heavy atom. The highest BCUT2D eigenvalue weighted by Gasteiger charge is 2.21. The Labute approximate surface area is 335 Å². The van der Waals surface area contributed by atoms with E-state index in [0.717, 1.165) is 85.0 Å². The van der Waals surface area contributed by atoms with Gasteiger partial charge in [0.1, 0.15) is 22.7 Å². The van der Waals surface area contributed by atoms with Crippen LogP contribution in [0, 0.1) is 13.8 Å². The fourth-order valence-corrected chi connectivity index (χ4v) is 6.37. The van der Waals surface area contributed by atoms with Gasteiger partial charge in [0.05, 0.1) is 11.1 Å². The van der Waals surface area contributed by atoms with Gasteiger partial charge in [-0.15, -0.1) is 0 Å². The first-order valence-corrected chi connectivity index (χ1v) is 19.5. The summed E-state index contributed by atoms with van der Waals surface area (Å²) in [7, 11) is 0. The molecule has 2 saturated heterocycles. The number of hydrogen-bond donors (Lipinski definition) is 3. The van der Waals surface area contributed by atoms with E-state index in [1.807, 2.05) is 128 Å². The zero-order chi connectivity index (χ0) is 40.3. The first kappa shape index (κ1) is 43.0. The number of benzene rings is 4. The number of phenolic OH excluding ortho intramolecular Hbond substituents is 2. The number of esters is 2. The van der Waals surface area contributed by atoms with E-state index in [1.54, 1.807) is 12.1 Å². The van der Waals surface area contributed by atoms with E-state index < -0.39 is 11.2 Å². The first-order valence-electron chi connectivity index (χ1n) is 18.8. The molecular formula is C44H57BrN4O6. The Morgan fingerprint density at radius 3 is 1.31 bits per heavy atom. The Balaban J connectivity index is 0.000000207. The average molecular weight is 818 g/mol. The Bertz CT molecular complexity index is 1860. The second-order valence-corrected chi connectivity index (χ2v) is 16.6. The Kier molecular flexibility index (Phi) is 15.0. The van der Waals surface area contributed by atoms with Crippen LogP contribution in [0.2, 0.25) is 0 Å². The molecule has 0 saturated carbocycles. The van der Waals surface area contributed by atoms with Crippen LogP contribution in [-0.2, 0) is 9.47 Å². The summed E-state index contributed by atoms with van der Waals surface area (Å²) in [6.07, 6.45) is 0. The molecule has 2 aliphatic heterocycles. The second-order valence-electron chi connectivity index (χ2n) is 15.7. The molecular weight excluding hydrogens is 760 g/mol. The quantitative estimate of drug-likeness (QED) is 0.170. The van der Waals surface area contributed by atoms with Crippen LogP contribution in [-0.4, -0.2) is 85.7 Å². The average Bonchev–Trinajstić information content (AvgIpc) is 3.14. The highest BCUT2D eigenvalue weighted by Crippen LogP contribution is 2.26. The summed E-state index contributed by atoms with van der Waals surface area (Å²) >= 11 is 3.29. The summed E-state index contributed by atoms with van der Waals surface area (Å²) in [5, 5.41) is 22.0. The van der Waals surface area contributed by atoms with Crippen LogP contribution in [0.1, 0.15) is 73.4 Å². The van der Waals surface area contributed by atoms with E-state index in [2.05, 4.69) is 35.9 Å². The Morgan fingerprint density at radius 1 is 0.564 bits per heavy atom. The maximum atomic E-state index is 12.1. The van der Waals surface area contributed by atoms with Gasteiger partial charge < -0.3 is 39.7 Å². The fraction of sp³-hybridized carbons (Fsp3) is 0.409. The number of aromatic hydroxyl groups is 2. The van der Waals surface area contributed by atoms with Crippen molar-refractivity contribution in [2.75, 3.05) is 67.1 Å². The lowest BCUT2D eigenvalue weighted by molar-refractivity contribution is 0.00570. The van der Waals surface area contributed by atoms with Gasteiger partial charge in [-0.3, -0.25) is 0 Å². The standard InChI is InChI=1S/C22H28N2O3.C15H22N2O2.C7H7BrO/c1-16-15-19(9-10-20(16)25)24-13-11-23(12-14-24)18-7-5-17(6-8-18)21(26)27-22(2,3)4;1-15(2,3)19-14(18)12-4-6-13(7-5-12)17-10-8-16-9-11-17;1-5-4-6(8)2-3-7(5)9/h5-10,15,25H,11-14H2,1-4H3;4-7,16H,8-11H2,1-3H3;2-4,9H,1H3. The summed E-state index contributed by atoms with van der Waals surface area (Å²) in [5.74, 6) is 0.126. The summed E-state index contributed by atoms with van der Waals surface area (Å²) in [6.45, 7) is 22.7. The second kappa shape index (κ2) is 19.2. The van der Waals surface area contributed by atoms with Crippen LogP contribution < -0.4 is 20.0 Å². The maximum absolute atomic E-state index is 12.1. The summed E-state index contributed by atoms with van der Waals surface area (Å²) in [6, 6.07) is 26.4. The highest BCUT2D eigenvalue weighted by molar-refractivity contribution is 9.10. The van der Waals surface area contributed by atoms with Gasteiger partial charge in [0.25, 0.3) is 0 Å². The number of rotatable bonds is 5. The molecule has 4 aromatic carbocycles. The van der Waals surface area contributed by atoms with E-state index in [9.17, 15) is 14.7 Å². The third-order valence-electron chi connectivity index (χ3n) is 8.84. The van der Waals surface area contributed by atoms with E-state index in [1.165, 1.54) is 0 Å². The summed E-state index contributed by atoms with van der Waals surface area (Å²) in [4.78, 5) is 31.0. The van der Waals surface area contributed by atoms with Crippen molar-refractivity contribution < 1.29 is 29.3 Å². The minimum absolute atomic E-state index is 0.264. The number of ether oxygens (including phenoxy) is 2. The number of piperazine rings is 2. The molecule has 6 rings (SSSR count). The molecule has 0 amide bonds. The van der Waals surface area contributed by atoms with E-state index in [-0.39, 0.29) is 11.9 Å². The monoisotopic (exact) mass is 816 g/mol. The molecule has 11 heteroatoms. The molecule has 2 heterocycles. The SMILES string of the molecule is CC(C)(C)OC(=O)c1ccc(N2CCNCC2)cc1.Cc1cc(Br)ccc1O.Cc1cc(N2CCN(c3ccc(C(=O)OC(C)(C)C)cc3)CC2)ccc1O. The van der Waals surface area contributed by atoms with Crippen LogP contribution in [0.3, 0.4) is 0 Å². The van der Waals surface area contributed by atoms with Crippen molar-refractivity contribution in [2.45, 2.75) is 66.6 Å². The van der Waals surface area contributed by atoms with Crippen LogP contribution in [0.15, 0.2) is 89.4 Å². The van der Waals surface area contributed by atoms with Crippen molar-refractivity contribution in [2.24, 2.45) is 0 Å². The van der Waals surface area contributed by atoms with Crippen LogP contribution in [0.4, 0.5) is 17.1 Å². The smallest absolute Gasteiger partial charge is 0.338 e. The maximum Gasteiger partial charge on any atom is 0.338 e. The number of nitrogens with zero attached hydrogens (tertiary/aromatic N) is 3. The van der Waals surface area contributed by atoms with Crippen molar-refractivity contribution >= 4 is 44.9 Å². The molecule has 3 N–H and O–H groups in total. The largest absolute Gasteiger partial charge is 0.508 e. The van der Waals surface area contributed by atoms with Crippen molar-refractivity contribution in [1.82, 2.24) is 5.32 Å². The predicted octanol–water partition coefficient (Wildman–Crippen LogP) is 8.50. The van der Waals surface area contributed by atoms with Gasteiger partial charge in [-0.1, -0.05) is 15.9 Å². The molecule has 0 aliphatic carbocycles. The lowest BCUT2D eigenvalue weighted by Gasteiger charge is -2.37. The number of aryl methyl sites for hydroxylation is 2. The zero-order valence-corrected chi connectivity index (χ0v) is 35.1. The highest BCUT2D eigenvalue weighted by atomic mass is 79.9. The zero-order valence-electron chi connectivity index (χ0n) is 33.5. The number of carbonyl (C=O) groups excluding carboxylic acids is 2. The molecule has 0 aromatic heterocycles. The van der Waals surface area contributed by atoms with Crippen LogP contribution in [0.5, 0.6) is 11.5 Å². The predicted molar refractivity (Wildman–Crippen MR) is 226 cm³/mol. The molecule has 0 bridgehead atoms. The first-order chi connectivity index (χ1) is 25.9. The molecule has 0 radical (unpaired) electrons. The molecule has 2 fully saturated rings. The number of halogens is 1. The third kappa shape index (κ3) is 13.8. The minimum atomic E-state index is -0.487. The molecule has 2 aliphatic rings. The number of carbonyl (C=O) groups is 2. The number of anilines is 3. The van der Waals surface area contributed by atoms with E-state index >= 15 is 0 Å². The van der Waals surface area contributed by atoms with Gasteiger partial charge in [-0.05, 0) is 151 Å². The molecule has 296 valence electrons. The number of phenols is 2. The summed E-state index contributed by atoms with van der Waals surface area (Å²) in [5.41, 5.74) is 5.45. The van der Waals surface area contributed by atoms with Gasteiger partial charge >= 0.3 is 11.9 Å². The van der Waals surface area contributed by atoms with Gasteiger partial charge in [0.2, 0.25) is 0 Å². The minimum Gasteiger partial charge on any atom is -0.508 e. The van der Waals surface area contributed by atoms with Crippen molar-refractivity contribution in [3.8, 4) is 11.5 Å². The van der Waals surface area contributed by atoms with E-state index in [0.29, 0.717) is 22.6 Å². The van der Waals surface area contributed by atoms with Crippen molar-refractivity contribution in [3.63, 3.8) is 0 Å². The molecule has 4 aromatic rings. The van der Waals surface area contributed by atoms with Gasteiger partial charge in [-0.25, -0.2) is 9.59 Å². The lowest BCUT2D eigenvalue weighted by atomic mass is 10.1. The topological polar surface area (TPSA) is 115 Å². The lowest BCUT2D eigenvalue weighted by Crippen LogP contribution is -2.46. The third-order valence-corrected chi connectivity index (χ3v) is 9.33. The fourth-order valence-electron chi connectivity index (χ4n) is 5.89. The normalized spacial score (nSPS) is 14.5. The molecule has 0 spiro atoms.